The third kappa shape index (κ3) is 8.45. The number of furan rings is 1. The fourth-order valence-electron chi connectivity index (χ4n) is 3.78. The summed E-state index contributed by atoms with van der Waals surface area (Å²) in [6, 6.07) is 10.9. The minimum Gasteiger partial charge on any atom is -0.461 e. The highest BCUT2D eigenvalue weighted by atomic mass is 79.9. The van der Waals surface area contributed by atoms with Crippen LogP contribution >= 0.6 is 31.8 Å². The Balaban J connectivity index is 0.00000106. The maximum atomic E-state index is 13.4. The lowest BCUT2D eigenvalue weighted by Gasteiger charge is -2.27. The van der Waals surface area contributed by atoms with Crippen LogP contribution in [0.4, 0.5) is 4.79 Å². The third-order valence-corrected chi connectivity index (χ3v) is 6.13. The van der Waals surface area contributed by atoms with Gasteiger partial charge in [0, 0.05) is 13.3 Å². The second-order valence-electron chi connectivity index (χ2n) is 8.08. The number of cyclic esters (lactones) is 1. The van der Waals surface area contributed by atoms with Crippen molar-refractivity contribution < 1.29 is 28.3 Å². The maximum absolute atomic E-state index is 13.4. The van der Waals surface area contributed by atoms with Crippen LogP contribution in [0, 0.1) is 5.92 Å². The molecule has 11 heteroatoms. The molecule has 5 atom stereocenters. The number of nitrogens with zero attached hydrogens (tertiary/aromatic N) is 1. The number of carbonyl (C=O) groups is 3. The normalized spacial score (nSPS) is 17.5. The molecule has 3 rings (SSSR count). The number of hydrogen-bond donors (Lipinski definition) is 0. The summed E-state index contributed by atoms with van der Waals surface area (Å²) in [4.78, 5) is 38.8. The molecule has 0 spiro atoms. The van der Waals surface area contributed by atoms with Gasteiger partial charge in [0.1, 0.15) is 18.1 Å². The van der Waals surface area contributed by atoms with Crippen molar-refractivity contribution in [3.8, 4) is 0 Å². The Morgan fingerprint density at radius 1 is 1.40 bits per heavy atom. The van der Waals surface area contributed by atoms with Crippen molar-refractivity contribution in [1.82, 2.24) is 4.90 Å². The van der Waals surface area contributed by atoms with E-state index in [0.29, 0.717) is 12.2 Å². The number of esters is 1. The second-order valence-corrected chi connectivity index (χ2v) is 11.7. The Labute approximate surface area is 224 Å². The molecule has 0 radical (unpaired) electrons. The molecule has 35 heavy (non-hydrogen) atoms. The molecule has 0 aliphatic carbocycles. The van der Waals surface area contributed by atoms with E-state index in [1.54, 1.807) is 13.0 Å². The van der Waals surface area contributed by atoms with Crippen molar-refractivity contribution in [1.29, 1.82) is 1.28 Å². The molecule has 2 amide bonds. The van der Waals surface area contributed by atoms with E-state index in [-0.39, 0.29) is 6.61 Å². The van der Waals surface area contributed by atoms with Crippen LogP contribution in [0.3, 0.4) is 0 Å². The Hall–Kier alpha value is -1.66. The van der Waals surface area contributed by atoms with Gasteiger partial charge in [-0.05, 0) is 47.3 Å². The molecular formula is C24H31BrNO6P2S+. The Bertz CT molecular complexity index is 1070. The van der Waals surface area contributed by atoms with Gasteiger partial charge in [0.05, 0.1) is 25.4 Å². The van der Waals surface area contributed by atoms with Crippen LogP contribution in [0.25, 0.3) is 0 Å². The first-order chi connectivity index (χ1) is 17.0. The predicted molar refractivity (Wildman–Crippen MR) is 146 cm³/mol. The minimum atomic E-state index is -0.961. The van der Waals surface area contributed by atoms with Crippen molar-refractivity contribution in [3.63, 3.8) is 0 Å². The first-order valence-corrected chi connectivity index (χ1v) is 15.6. The smallest absolute Gasteiger partial charge is 0.416 e. The monoisotopic (exact) mass is 604 g/mol. The molecule has 0 saturated carbocycles. The van der Waals surface area contributed by atoms with Crippen molar-refractivity contribution in [2.75, 3.05) is 6.61 Å². The van der Waals surface area contributed by atoms with Crippen LogP contribution in [0.15, 0.2) is 45.3 Å². The number of amides is 2. The fraction of sp³-hybridized carbons (Fsp3) is 0.458. The highest BCUT2D eigenvalue weighted by Gasteiger charge is 2.43. The van der Waals surface area contributed by atoms with Crippen LogP contribution in [0.1, 0.15) is 56.8 Å². The molecule has 1 saturated heterocycles. The average molecular weight is 605 g/mol. The Kier molecular flexibility index (Phi) is 11.8. The molecular weight excluding hydrogens is 572 g/mol. The van der Waals surface area contributed by atoms with Gasteiger partial charge in [-0.3, -0.25) is 9.59 Å². The molecule has 2 heterocycles. The Morgan fingerprint density at radius 3 is 2.66 bits per heavy atom. The SMILES string of the molecule is CCCCc1oc([C@@H](OC(C)=O)[C@H](C)C(=O)N2C(=O)OC[C@@H]2Cc2ccccc2)cc1Br.[3H][P+](P)=S. The number of imide groups is 1. The molecule has 1 aliphatic rings. The molecule has 2 unspecified atom stereocenters. The molecule has 1 aromatic heterocycles. The first kappa shape index (κ1) is 27.9. The second kappa shape index (κ2) is 14.8. The summed E-state index contributed by atoms with van der Waals surface area (Å²) in [6.45, 7) is 4.25. The molecule has 1 aromatic carbocycles. The topological polar surface area (TPSA) is 86.0 Å². The summed E-state index contributed by atoms with van der Waals surface area (Å²) < 4.78 is 23.8. The van der Waals surface area contributed by atoms with Gasteiger partial charge in [0.25, 0.3) is 0 Å². The largest absolute Gasteiger partial charge is 0.461 e. The lowest BCUT2D eigenvalue weighted by Crippen LogP contribution is -2.44. The standard InChI is InChI=1S/C24H28BrNO6.H2P2S/c1-4-5-11-20-19(25)13-21(32-20)22(31-16(3)27)15(2)23(28)26-18(14-30-24(26)29)12-17-9-7-6-8-10-17;1-2-3/h6-10,13,15,18,22H,4-5,11-12,14H2,1-3H3;1H2/p+1/t15-,18-,22-;/m0./s1/i/hT. The van der Waals surface area contributed by atoms with Crippen LogP contribution in [-0.2, 0) is 43.7 Å². The van der Waals surface area contributed by atoms with Crippen LogP contribution in [0.2, 0.25) is 0 Å². The number of benzene rings is 1. The summed E-state index contributed by atoms with van der Waals surface area (Å²) >= 11 is 7.80. The van der Waals surface area contributed by atoms with Crippen LogP contribution in [-0.4, -0.2) is 36.8 Å². The number of ether oxygens (including phenoxy) is 2. The first-order valence-electron chi connectivity index (χ1n) is 11.7. The number of halogens is 1. The van der Waals surface area contributed by atoms with E-state index >= 15 is 0 Å². The van der Waals surface area contributed by atoms with Gasteiger partial charge in [-0.2, -0.15) is 0 Å². The zero-order chi connectivity index (χ0) is 26.8. The average Bonchev–Trinajstić information content (AvgIpc) is 3.37. The van der Waals surface area contributed by atoms with Crippen molar-refractivity contribution in [3.05, 3.63) is 58.0 Å². The van der Waals surface area contributed by atoms with Crippen molar-refractivity contribution >= 4 is 61.6 Å². The number of hydrogen-bond acceptors (Lipinski definition) is 7. The molecule has 7 nitrogen and oxygen atoms in total. The zero-order valence-electron chi connectivity index (χ0n) is 20.9. The summed E-state index contributed by atoms with van der Waals surface area (Å²) in [7, 11) is 2.20. The lowest BCUT2D eigenvalue weighted by molar-refractivity contribution is -0.154. The summed E-state index contributed by atoms with van der Waals surface area (Å²) in [6.07, 6.45) is 1.51. The van der Waals surface area contributed by atoms with E-state index in [1.807, 2.05) is 30.3 Å². The highest BCUT2D eigenvalue weighted by Crippen LogP contribution is 2.35. The van der Waals surface area contributed by atoms with Gasteiger partial charge in [0.2, 0.25) is 5.91 Å². The van der Waals surface area contributed by atoms with Gasteiger partial charge in [-0.15, -0.1) is 0 Å². The van der Waals surface area contributed by atoms with Gasteiger partial charge < -0.3 is 13.9 Å². The summed E-state index contributed by atoms with van der Waals surface area (Å²) in [5, 5.41) is 0. The van der Waals surface area contributed by atoms with Crippen molar-refractivity contribution in [2.45, 2.75) is 58.6 Å². The number of unbranched alkanes of at least 4 members (excludes halogenated alkanes) is 1. The summed E-state index contributed by atoms with van der Waals surface area (Å²) in [5.74, 6) is -0.753. The maximum Gasteiger partial charge on any atom is 0.416 e. The minimum absolute atomic E-state index is 0.123. The van der Waals surface area contributed by atoms with Crippen LogP contribution in [0.5, 0.6) is 0 Å². The molecule has 1 fully saturated rings. The molecule has 1 aliphatic heterocycles. The molecule has 0 N–H and O–H groups in total. The van der Waals surface area contributed by atoms with Gasteiger partial charge >= 0.3 is 13.3 Å². The van der Waals surface area contributed by atoms with E-state index in [4.69, 9.17) is 15.2 Å². The Morgan fingerprint density at radius 2 is 2.06 bits per heavy atom. The van der Waals surface area contributed by atoms with E-state index < -0.39 is 43.0 Å². The van der Waals surface area contributed by atoms with Crippen LogP contribution < -0.4 is 0 Å². The van der Waals surface area contributed by atoms with Gasteiger partial charge in [-0.1, -0.05) is 43.7 Å². The predicted octanol–water partition coefficient (Wildman–Crippen LogP) is 6.13. The fourth-order valence-corrected chi connectivity index (χ4v) is 4.28. The molecule has 0 bridgehead atoms. The quantitative estimate of drug-likeness (QED) is 0.251. The number of aryl methyl sites for hydroxylation is 1. The van der Waals surface area contributed by atoms with E-state index in [9.17, 15) is 14.4 Å². The molecule has 190 valence electrons. The third-order valence-electron chi connectivity index (χ3n) is 5.46. The molecule has 2 aromatic rings. The van der Waals surface area contributed by atoms with E-state index in [2.05, 4.69) is 43.6 Å². The lowest BCUT2D eigenvalue weighted by atomic mass is 9.98. The zero-order valence-corrected chi connectivity index (χ0v) is 24.4. The number of rotatable bonds is 9. The number of carbonyl (C=O) groups excluding carboxylic acids is 3. The van der Waals surface area contributed by atoms with E-state index in [1.165, 1.54) is 6.92 Å². The van der Waals surface area contributed by atoms with E-state index in [0.717, 1.165) is 40.0 Å². The van der Waals surface area contributed by atoms with Crippen molar-refractivity contribution in [2.24, 2.45) is 5.92 Å². The highest BCUT2D eigenvalue weighted by molar-refractivity contribution is 9.10. The van der Waals surface area contributed by atoms with Gasteiger partial charge in [0.15, 0.2) is 24.9 Å². The van der Waals surface area contributed by atoms with Gasteiger partial charge in [-0.25, -0.2) is 9.69 Å². The summed E-state index contributed by atoms with van der Waals surface area (Å²) in [5.41, 5.74) is 0.994.